The molecule has 1 aromatic rings. The van der Waals surface area contributed by atoms with E-state index in [0.717, 1.165) is 11.8 Å². The minimum Gasteiger partial charge on any atom is -0.313 e. The van der Waals surface area contributed by atoms with E-state index >= 15 is 0 Å². The predicted octanol–water partition coefficient (Wildman–Crippen LogP) is 3.53. The second-order valence-electron chi connectivity index (χ2n) is 7.19. The van der Waals surface area contributed by atoms with E-state index in [1.807, 2.05) is 17.9 Å². The molecule has 0 saturated heterocycles. The lowest BCUT2D eigenvalue weighted by atomic mass is 9.68. The first-order valence-electron chi connectivity index (χ1n) is 7.57. The van der Waals surface area contributed by atoms with Gasteiger partial charge in [-0.2, -0.15) is 5.10 Å². The van der Waals surface area contributed by atoms with Crippen molar-refractivity contribution in [1.29, 1.82) is 0 Å². The highest BCUT2D eigenvalue weighted by Crippen LogP contribution is 2.43. The molecule has 1 saturated carbocycles. The third kappa shape index (κ3) is 3.38. The van der Waals surface area contributed by atoms with Crippen molar-refractivity contribution < 1.29 is 0 Å². The number of nitrogens with one attached hydrogen (secondary N) is 1. The summed E-state index contributed by atoms with van der Waals surface area (Å²) in [6.45, 7) is 7.15. The van der Waals surface area contributed by atoms with E-state index in [9.17, 15) is 0 Å². The Hall–Kier alpha value is -0.830. The van der Waals surface area contributed by atoms with Crippen LogP contribution >= 0.6 is 0 Å². The Bertz CT molecular complexity index is 394. The van der Waals surface area contributed by atoms with Gasteiger partial charge in [-0.3, -0.25) is 4.68 Å². The molecule has 1 N–H and O–H groups in total. The van der Waals surface area contributed by atoms with Gasteiger partial charge in [0.2, 0.25) is 0 Å². The van der Waals surface area contributed by atoms with Crippen molar-refractivity contribution in [2.24, 2.45) is 24.3 Å². The Balaban J connectivity index is 1.99. The first kappa shape index (κ1) is 14.6. The summed E-state index contributed by atoms with van der Waals surface area (Å²) >= 11 is 0. The van der Waals surface area contributed by atoms with Gasteiger partial charge in [0, 0.05) is 24.8 Å². The lowest BCUT2D eigenvalue weighted by molar-refractivity contribution is 0.134. The minimum absolute atomic E-state index is 0.467. The maximum absolute atomic E-state index is 4.31. The molecule has 19 heavy (non-hydrogen) atoms. The topological polar surface area (TPSA) is 29.9 Å². The van der Waals surface area contributed by atoms with Crippen LogP contribution in [-0.2, 0) is 7.05 Å². The maximum atomic E-state index is 4.31. The van der Waals surface area contributed by atoms with Crippen LogP contribution in [0.1, 0.15) is 58.1 Å². The molecule has 1 aliphatic rings. The summed E-state index contributed by atoms with van der Waals surface area (Å²) in [4.78, 5) is 0. The van der Waals surface area contributed by atoms with Gasteiger partial charge in [0.25, 0.3) is 0 Å². The van der Waals surface area contributed by atoms with Crippen LogP contribution in [0.5, 0.6) is 0 Å². The second kappa shape index (κ2) is 5.66. The number of aryl methyl sites for hydroxylation is 1. The maximum Gasteiger partial charge on any atom is 0.0537 e. The van der Waals surface area contributed by atoms with E-state index in [4.69, 9.17) is 0 Å². The monoisotopic (exact) mass is 263 g/mol. The number of hydrogen-bond donors (Lipinski definition) is 1. The van der Waals surface area contributed by atoms with E-state index in [0.29, 0.717) is 11.5 Å². The van der Waals surface area contributed by atoms with E-state index in [1.54, 1.807) is 0 Å². The molecule has 0 amide bonds. The molecule has 0 aromatic carbocycles. The van der Waals surface area contributed by atoms with E-state index < -0.39 is 0 Å². The Morgan fingerprint density at radius 1 is 1.26 bits per heavy atom. The largest absolute Gasteiger partial charge is 0.313 e. The summed E-state index contributed by atoms with van der Waals surface area (Å²) in [5.74, 6) is 1.64. The third-order valence-corrected chi connectivity index (χ3v) is 4.86. The molecule has 3 heteroatoms. The van der Waals surface area contributed by atoms with Crippen molar-refractivity contribution in [2.75, 3.05) is 7.05 Å². The Kier molecular flexibility index (Phi) is 4.34. The molecule has 1 aromatic heterocycles. The summed E-state index contributed by atoms with van der Waals surface area (Å²) < 4.78 is 1.90. The second-order valence-corrected chi connectivity index (χ2v) is 7.19. The van der Waals surface area contributed by atoms with Crippen molar-refractivity contribution in [1.82, 2.24) is 15.1 Å². The molecule has 1 atom stereocenters. The van der Waals surface area contributed by atoms with Crippen LogP contribution in [0.4, 0.5) is 0 Å². The zero-order valence-corrected chi connectivity index (χ0v) is 13.1. The van der Waals surface area contributed by atoms with Crippen molar-refractivity contribution >= 4 is 0 Å². The molecule has 1 fully saturated rings. The number of aromatic nitrogens is 2. The molecule has 108 valence electrons. The van der Waals surface area contributed by atoms with Crippen LogP contribution in [0, 0.1) is 17.3 Å². The highest BCUT2D eigenvalue weighted by molar-refractivity contribution is 5.12. The van der Waals surface area contributed by atoms with Gasteiger partial charge in [-0.15, -0.1) is 0 Å². The molecule has 3 nitrogen and oxygen atoms in total. The van der Waals surface area contributed by atoms with Crippen LogP contribution in [-0.4, -0.2) is 16.8 Å². The first-order valence-corrected chi connectivity index (χ1v) is 7.57. The van der Waals surface area contributed by atoms with Crippen molar-refractivity contribution in [3.63, 3.8) is 0 Å². The van der Waals surface area contributed by atoms with Gasteiger partial charge in [0.1, 0.15) is 0 Å². The highest BCUT2D eigenvalue weighted by atomic mass is 15.2. The fraction of sp³-hybridized carbons (Fsp3) is 0.812. The fourth-order valence-electron chi connectivity index (χ4n) is 3.59. The Morgan fingerprint density at radius 3 is 2.32 bits per heavy atom. The van der Waals surface area contributed by atoms with Crippen molar-refractivity contribution in [2.45, 2.75) is 52.5 Å². The molecule has 0 bridgehead atoms. The molecule has 2 rings (SSSR count). The van der Waals surface area contributed by atoms with Gasteiger partial charge in [0.15, 0.2) is 0 Å². The average Bonchev–Trinajstić information content (AvgIpc) is 2.76. The molecule has 0 aliphatic heterocycles. The van der Waals surface area contributed by atoms with Gasteiger partial charge >= 0.3 is 0 Å². The SMILES string of the molecule is CNC(c1cnn(C)c1)C1CCC(C(C)(C)C)CC1. The summed E-state index contributed by atoms with van der Waals surface area (Å²) in [5, 5.41) is 7.81. The smallest absolute Gasteiger partial charge is 0.0537 e. The van der Waals surface area contributed by atoms with Gasteiger partial charge < -0.3 is 5.32 Å². The summed E-state index contributed by atoms with van der Waals surface area (Å²) in [6, 6.07) is 0.467. The molecule has 1 aliphatic carbocycles. The van der Waals surface area contributed by atoms with Crippen molar-refractivity contribution in [3.8, 4) is 0 Å². The molecule has 1 unspecified atom stereocenters. The highest BCUT2D eigenvalue weighted by Gasteiger charge is 2.33. The average molecular weight is 263 g/mol. The molecular weight excluding hydrogens is 234 g/mol. The van der Waals surface area contributed by atoms with Crippen LogP contribution in [0.25, 0.3) is 0 Å². The van der Waals surface area contributed by atoms with Crippen LogP contribution in [0.3, 0.4) is 0 Å². The van der Waals surface area contributed by atoms with Crippen LogP contribution < -0.4 is 5.32 Å². The van der Waals surface area contributed by atoms with Gasteiger partial charge in [0.05, 0.1) is 6.20 Å². The minimum atomic E-state index is 0.467. The zero-order chi connectivity index (χ0) is 14.0. The number of nitrogens with zero attached hydrogens (tertiary/aromatic N) is 2. The Morgan fingerprint density at radius 2 is 1.89 bits per heavy atom. The summed E-state index contributed by atoms with van der Waals surface area (Å²) in [5.41, 5.74) is 1.80. The lowest BCUT2D eigenvalue weighted by Crippen LogP contribution is -2.32. The quantitative estimate of drug-likeness (QED) is 0.904. The van der Waals surface area contributed by atoms with Crippen molar-refractivity contribution in [3.05, 3.63) is 18.0 Å². The first-order chi connectivity index (χ1) is 8.91. The molecule has 1 heterocycles. The Labute approximate surface area is 117 Å². The van der Waals surface area contributed by atoms with E-state index in [1.165, 1.54) is 31.2 Å². The van der Waals surface area contributed by atoms with E-state index in [2.05, 4.69) is 44.4 Å². The molecule has 0 spiro atoms. The lowest BCUT2D eigenvalue weighted by Gasteiger charge is -2.39. The van der Waals surface area contributed by atoms with Gasteiger partial charge in [-0.05, 0) is 50.0 Å². The van der Waals surface area contributed by atoms with E-state index in [-0.39, 0.29) is 0 Å². The standard InChI is InChI=1S/C16H29N3/c1-16(2,3)14-8-6-12(7-9-14)15(17-4)13-10-18-19(5)11-13/h10-12,14-15,17H,6-9H2,1-5H3. The number of hydrogen-bond acceptors (Lipinski definition) is 2. The fourth-order valence-corrected chi connectivity index (χ4v) is 3.59. The van der Waals surface area contributed by atoms with Crippen LogP contribution in [0.2, 0.25) is 0 Å². The summed E-state index contributed by atoms with van der Waals surface area (Å²) in [7, 11) is 4.07. The predicted molar refractivity (Wildman–Crippen MR) is 79.9 cm³/mol. The van der Waals surface area contributed by atoms with Crippen LogP contribution in [0.15, 0.2) is 12.4 Å². The molecular formula is C16H29N3. The number of rotatable bonds is 3. The van der Waals surface area contributed by atoms with Gasteiger partial charge in [-0.25, -0.2) is 0 Å². The molecule has 0 radical (unpaired) electrons. The van der Waals surface area contributed by atoms with Gasteiger partial charge in [-0.1, -0.05) is 20.8 Å². The normalized spacial score (nSPS) is 26.4. The third-order valence-electron chi connectivity index (χ3n) is 4.86. The zero-order valence-electron chi connectivity index (χ0n) is 13.1. The summed E-state index contributed by atoms with van der Waals surface area (Å²) in [6.07, 6.45) is 9.57.